The molecule has 0 radical (unpaired) electrons. The summed E-state index contributed by atoms with van der Waals surface area (Å²) < 4.78 is 5.41. The Hall–Kier alpha value is -1.06. The van der Waals surface area contributed by atoms with Gasteiger partial charge in [-0.25, -0.2) is 0 Å². The third kappa shape index (κ3) is 17.6. The molecule has 0 heterocycles. The zero-order chi connectivity index (χ0) is 18.8. The fraction of sp³-hybridized carbons (Fsp3) is 0.905. The molecule has 0 aliphatic carbocycles. The van der Waals surface area contributed by atoms with E-state index in [4.69, 9.17) is 9.84 Å². The van der Waals surface area contributed by atoms with Gasteiger partial charge in [0.15, 0.2) is 0 Å². The van der Waals surface area contributed by atoms with Crippen LogP contribution in [-0.4, -0.2) is 23.7 Å². The van der Waals surface area contributed by atoms with Gasteiger partial charge in [0.2, 0.25) is 0 Å². The van der Waals surface area contributed by atoms with Gasteiger partial charge >= 0.3 is 11.9 Å². The van der Waals surface area contributed by atoms with Crippen LogP contribution in [0.5, 0.6) is 0 Å². The molecule has 0 aliphatic rings. The van der Waals surface area contributed by atoms with Gasteiger partial charge in [0, 0.05) is 12.8 Å². The van der Waals surface area contributed by atoms with E-state index in [0.717, 1.165) is 12.8 Å². The molecule has 0 amide bonds. The van der Waals surface area contributed by atoms with Crippen LogP contribution >= 0.6 is 0 Å². The minimum atomic E-state index is -0.857. The van der Waals surface area contributed by atoms with E-state index in [2.05, 4.69) is 13.8 Å². The molecule has 4 heteroatoms. The number of hydrogen-bond donors (Lipinski definition) is 1. The second-order valence-electron chi connectivity index (χ2n) is 7.20. The van der Waals surface area contributed by atoms with Crippen LogP contribution in [0.15, 0.2) is 0 Å². The summed E-state index contributed by atoms with van der Waals surface area (Å²) in [5, 5.41) is 8.61. The Morgan fingerprint density at radius 2 is 1.28 bits per heavy atom. The number of rotatable bonds is 18. The van der Waals surface area contributed by atoms with Gasteiger partial charge in [0.05, 0.1) is 6.61 Å². The summed E-state index contributed by atoms with van der Waals surface area (Å²) in [5.74, 6) is -0.640. The van der Waals surface area contributed by atoms with Crippen molar-refractivity contribution in [3.05, 3.63) is 0 Å². The number of carbonyl (C=O) groups is 2. The fourth-order valence-electron chi connectivity index (χ4n) is 3.05. The van der Waals surface area contributed by atoms with Crippen LogP contribution in [-0.2, 0) is 14.3 Å². The lowest BCUT2D eigenvalue weighted by atomic mass is 9.95. The minimum absolute atomic E-state index is 0.0350. The second-order valence-corrected chi connectivity index (χ2v) is 7.20. The van der Waals surface area contributed by atoms with Crippen molar-refractivity contribution in [2.75, 3.05) is 6.61 Å². The highest BCUT2D eigenvalue weighted by atomic mass is 16.5. The average Bonchev–Trinajstić information content (AvgIpc) is 2.58. The first-order valence-electron chi connectivity index (χ1n) is 10.5. The average molecular weight is 357 g/mol. The molecule has 1 unspecified atom stereocenters. The summed E-state index contributed by atoms with van der Waals surface area (Å²) >= 11 is 0. The molecule has 1 atom stereocenters. The first-order chi connectivity index (χ1) is 12.1. The minimum Gasteiger partial charge on any atom is -0.481 e. The molecular formula is C21H40O4. The zero-order valence-corrected chi connectivity index (χ0v) is 16.6. The van der Waals surface area contributed by atoms with Gasteiger partial charge in [-0.05, 0) is 25.2 Å². The number of carbonyl (C=O) groups excluding carboxylic acids is 1. The molecule has 0 aromatic carbocycles. The number of hydrogen-bond acceptors (Lipinski definition) is 3. The number of carboxylic acids is 1. The lowest BCUT2D eigenvalue weighted by molar-refractivity contribution is -0.145. The van der Waals surface area contributed by atoms with Crippen molar-refractivity contribution in [2.24, 2.45) is 5.92 Å². The van der Waals surface area contributed by atoms with E-state index in [1.54, 1.807) is 0 Å². The van der Waals surface area contributed by atoms with E-state index < -0.39 is 5.97 Å². The van der Waals surface area contributed by atoms with Crippen molar-refractivity contribution in [1.29, 1.82) is 0 Å². The standard InChI is InChI=1S/C21H40O4/c1-3-5-7-9-10-12-15-19(14-11-8-6-4-2)18-25-21(24)17-13-16-20(22)23/h19H,3-18H2,1-2H3,(H,22,23). The van der Waals surface area contributed by atoms with Crippen LogP contribution in [0, 0.1) is 5.92 Å². The molecule has 0 rings (SSSR count). The van der Waals surface area contributed by atoms with Crippen LogP contribution < -0.4 is 0 Å². The number of unbranched alkanes of at least 4 members (excludes halogenated alkanes) is 8. The van der Waals surface area contributed by atoms with Crippen molar-refractivity contribution in [3.8, 4) is 0 Å². The smallest absolute Gasteiger partial charge is 0.305 e. The van der Waals surface area contributed by atoms with Gasteiger partial charge in [-0.2, -0.15) is 0 Å². The Labute approximate surface area is 154 Å². The number of esters is 1. The van der Waals surface area contributed by atoms with Crippen molar-refractivity contribution in [1.82, 2.24) is 0 Å². The fourth-order valence-corrected chi connectivity index (χ4v) is 3.05. The van der Waals surface area contributed by atoms with Crippen molar-refractivity contribution in [3.63, 3.8) is 0 Å². The lowest BCUT2D eigenvalue weighted by Gasteiger charge is -2.17. The Morgan fingerprint density at radius 3 is 1.84 bits per heavy atom. The van der Waals surface area contributed by atoms with Gasteiger partial charge in [0.1, 0.15) is 0 Å². The maximum Gasteiger partial charge on any atom is 0.305 e. The summed E-state index contributed by atoms with van der Waals surface area (Å²) in [6, 6.07) is 0. The Bertz CT molecular complexity index is 328. The highest BCUT2D eigenvalue weighted by molar-refractivity contribution is 5.71. The van der Waals surface area contributed by atoms with Gasteiger partial charge in [-0.3, -0.25) is 9.59 Å². The maximum absolute atomic E-state index is 11.7. The van der Waals surface area contributed by atoms with Crippen LogP contribution in [0.3, 0.4) is 0 Å². The van der Waals surface area contributed by atoms with E-state index in [1.165, 1.54) is 64.2 Å². The van der Waals surface area contributed by atoms with Crippen LogP contribution in [0.4, 0.5) is 0 Å². The monoisotopic (exact) mass is 356 g/mol. The highest BCUT2D eigenvalue weighted by Gasteiger charge is 2.12. The molecule has 0 aliphatic heterocycles. The van der Waals surface area contributed by atoms with E-state index in [9.17, 15) is 9.59 Å². The quantitative estimate of drug-likeness (QED) is 0.237. The third-order valence-corrected chi connectivity index (χ3v) is 4.68. The molecule has 0 aromatic rings. The van der Waals surface area contributed by atoms with E-state index in [1.807, 2.05) is 0 Å². The van der Waals surface area contributed by atoms with Crippen LogP contribution in [0.25, 0.3) is 0 Å². The first kappa shape index (κ1) is 23.9. The largest absolute Gasteiger partial charge is 0.481 e. The zero-order valence-electron chi connectivity index (χ0n) is 16.6. The summed E-state index contributed by atoms with van der Waals surface area (Å²) in [7, 11) is 0. The highest BCUT2D eigenvalue weighted by Crippen LogP contribution is 2.19. The summed E-state index contributed by atoms with van der Waals surface area (Å²) in [5.41, 5.74) is 0. The Balaban J connectivity index is 3.97. The van der Waals surface area contributed by atoms with E-state index in [-0.39, 0.29) is 18.8 Å². The lowest BCUT2D eigenvalue weighted by Crippen LogP contribution is -2.15. The molecule has 4 nitrogen and oxygen atoms in total. The van der Waals surface area contributed by atoms with E-state index >= 15 is 0 Å². The van der Waals surface area contributed by atoms with Gasteiger partial charge in [-0.1, -0.05) is 78.1 Å². The van der Waals surface area contributed by atoms with Gasteiger partial charge in [-0.15, -0.1) is 0 Å². The topological polar surface area (TPSA) is 63.6 Å². The SMILES string of the molecule is CCCCCCCCC(CCCCCC)COC(=O)CCCC(=O)O. The molecule has 0 saturated heterocycles. The Morgan fingerprint density at radius 1 is 0.760 bits per heavy atom. The van der Waals surface area contributed by atoms with Crippen LogP contribution in [0.1, 0.15) is 110 Å². The van der Waals surface area contributed by atoms with E-state index in [0.29, 0.717) is 18.9 Å². The molecule has 25 heavy (non-hydrogen) atoms. The van der Waals surface area contributed by atoms with Crippen molar-refractivity contribution >= 4 is 11.9 Å². The predicted molar refractivity (Wildman–Crippen MR) is 103 cm³/mol. The molecule has 0 fully saturated rings. The first-order valence-corrected chi connectivity index (χ1v) is 10.5. The van der Waals surface area contributed by atoms with Crippen LogP contribution in [0.2, 0.25) is 0 Å². The summed E-state index contributed by atoms with van der Waals surface area (Å²) in [4.78, 5) is 22.2. The number of carboxylic acid groups (broad SMARTS) is 1. The normalized spacial score (nSPS) is 12.1. The molecule has 0 spiro atoms. The molecular weight excluding hydrogens is 316 g/mol. The maximum atomic E-state index is 11.7. The van der Waals surface area contributed by atoms with Gasteiger partial charge in [0.25, 0.3) is 0 Å². The molecule has 0 aromatic heterocycles. The number of ether oxygens (including phenoxy) is 1. The Kier molecular flexibility index (Phi) is 17.0. The molecule has 0 saturated carbocycles. The summed E-state index contributed by atoms with van der Waals surface area (Å²) in [6.45, 7) is 4.96. The van der Waals surface area contributed by atoms with Gasteiger partial charge < -0.3 is 9.84 Å². The third-order valence-electron chi connectivity index (χ3n) is 4.68. The molecule has 1 N–H and O–H groups in total. The molecule has 148 valence electrons. The predicted octanol–water partition coefficient (Wildman–Crippen LogP) is 6.12. The summed E-state index contributed by atoms with van der Waals surface area (Å²) in [6.07, 6.45) is 15.6. The molecule has 0 bridgehead atoms. The number of aliphatic carboxylic acids is 1. The van der Waals surface area contributed by atoms with Crippen molar-refractivity contribution < 1.29 is 19.4 Å². The second kappa shape index (κ2) is 17.8. The van der Waals surface area contributed by atoms with Crippen molar-refractivity contribution in [2.45, 2.75) is 110 Å².